The van der Waals surface area contributed by atoms with Gasteiger partial charge in [-0.2, -0.15) is 0 Å². The summed E-state index contributed by atoms with van der Waals surface area (Å²) in [6.45, 7) is 7.90. The molecule has 0 radical (unpaired) electrons. The molecule has 0 aliphatic carbocycles. The number of nitrogens with one attached hydrogen (secondary N) is 1. The van der Waals surface area contributed by atoms with Crippen molar-refractivity contribution >= 4 is 0 Å². The van der Waals surface area contributed by atoms with Crippen molar-refractivity contribution in [2.45, 2.75) is 32.9 Å². The van der Waals surface area contributed by atoms with Crippen LogP contribution in [0.4, 0.5) is 0 Å². The Balaban J connectivity index is 1.92. The Morgan fingerprint density at radius 1 is 1.25 bits per heavy atom. The zero-order valence-corrected chi connectivity index (χ0v) is 12.4. The van der Waals surface area contributed by atoms with Gasteiger partial charge in [0.05, 0.1) is 12.4 Å². The zero-order valence-electron chi connectivity index (χ0n) is 12.4. The first-order valence-corrected chi connectivity index (χ1v) is 7.14. The van der Waals surface area contributed by atoms with E-state index < -0.39 is 0 Å². The molecule has 2 rings (SSSR count). The Kier molecular flexibility index (Phi) is 5.32. The Morgan fingerprint density at radius 2 is 2.00 bits per heavy atom. The average molecular weight is 273 g/mol. The van der Waals surface area contributed by atoms with Gasteiger partial charge in [-0.3, -0.25) is 0 Å². The normalized spacial score (nSPS) is 14.2. The Morgan fingerprint density at radius 3 is 2.60 bits per heavy atom. The molecule has 4 heteroatoms. The first kappa shape index (κ1) is 14.8. The van der Waals surface area contributed by atoms with Crippen molar-refractivity contribution in [2.75, 3.05) is 13.2 Å². The first-order valence-electron chi connectivity index (χ1n) is 7.14. The summed E-state index contributed by atoms with van der Waals surface area (Å²) in [5.41, 5.74) is 2.40. The third-order valence-corrected chi connectivity index (χ3v) is 3.36. The van der Waals surface area contributed by atoms with Gasteiger partial charge in [-0.1, -0.05) is 12.1 Å². The van der Waals surface area contributed by atoms with Crippen LogP contribution in [0.25, 0.3) is 5.69 Å². The van der Waals surface area contributed by atoms with Gasteiger partial charge in [-0.15, -0.1) is 0 Å². The largest absolute Gasteiger partial charge is 0.377 e. The summed E-state index contributed by atoms with van der Waals surface area (Å²) >= 11 is 0. The number of nitrogens with zero attached hydrogens (tertiary/aromatic N) is 2. The Bertz CT molecular complexity index is 493. The molecular weight excluding hydrogens is 250 g/mol. The maximum Gasteiger partial charge on any atom is 0.0991 e. The maximum atomic E-state index is 5.52. The first-order chi connectivity index (χ1) is 9.70. The van der Waals surface area contributed by atoms with E-state index in [0.29, 0.717) is 6.04 Å². The average Bonchev–Trinajstić information content (AvgIpc) is 2.99. The molecule has 2 unspecified atom stereocenters. The van der Waals surface area contributed by atoms with Crippen molar-refractivity contribution in [2.24, 2.45) is 0 Å². The number of ether oxygens (including phenoxy) is 1. The summed E-state index contributed by atoms with van der Waals surface area (Å²) in [6.07, 6.45) is 5.78. The van der Waals surface area contributed by atoms with Gasteiger partial charge < -0.3 is 14.6 Å². The molecule has 0 fully saturated rings. The number of hydrogen-bond acceptors (Lipinski definition) is 3. The lowest BCUT2D eigenvalue weighted by molar-refractivity contribution is 0.0743. The van der Waals surface area contributed by atoms with Crippen LogP contribution in [-0.4, -0.2) is 28.8 Å². The van der Waals surface area contributed by atoms with Crippen LogP contribution in [0, 0.1) is 0 Å². The van der Waals surface area contributed by atoms with E-state index in [-0.39, 0.29) is 6.10 Å². The highest BCUT2D eigenvalue weighted by Gasteiger charge is 2.07. The molecule has 108 valence electrons. The van der Waals surface area contributed by atoms with E-state index in [1.165, 1.54) is 5.56 Å². The van der Waals surface area contributed by atoms with Crippen molar-refractivity contribution in [3.05, 3.63) is 48.5 Å². The van der Waals surface area contributed by atoms with Crippen LogP contribution in [0.3, 0.4) is 0 Å². The van der Waals surface area contributed by atoms with Crippen LogP contribution in [0.2, 0.25) is 0 Å². The van der Waals surface area contributed by atoms with Gasteiger partial charge in [0, 0.05) is 37.3 Å². The molecule has 0 aliphatic rings. The number of aromatic nitrogens is 2. The van der Waals surface area contributed by atoms with Crippen LogP contribution in [0.5, 0.6) is 0 Å². The zero-order chi connectivity index (χ0) is 14.4. The van der Waals surface area contributed by atoms with Gasteiger partial charge in [0.2, 0.25) is 0 Å². The molecule has 0 saturated carbocycles. The third kappa shape index (κ3) is 3.92. The third-order valence-electron chi connectivity index (χ3n) is 3.36. The van der Waals surface area contributed by atoms with Crippen LogP contribution in [0.15, 0.2) is 43.0 Å². The summed E-state index contributed by atoms with van der Waals surface area (Å²) < 4.78 is 7.52. The van der Waals surface area contributed by atoms with Gasteiger partial charge in [-0.25, -0.2) is 4.98 Å². The fourth-order valence-corrected chi connectivity index (χ4v) is 2.15. The van der Waals surface area contributed by atoms with Crippen LogP contribution in [-0.2, 0) is 4.74 Å². The molecule has 0 saturated heterocycles. The molecule has 4 nitrogen and oxygen atoms in total. The molecule has 2 atom stereocenters. The van der Waals surface area contributed by atoms with Crippen molar-refractivity contribution in [1.29, 1.82) is 0 Å². The highest BCUT2D eigenvalue weighted by Crippen LogP contribution is 2.15. The van der Waals surface area contributed by atoms with Crippen LogP contribution >= 0.6 is 0 Å². The van der Waals surface area contributed by atoms with Crippen molar-refractivity contribution in [3.8, 4) is 5.69 Å². The second-order valence-electron chi connectivity index (χ2n) is 4.96. The summed E-state index contributed by atoms with van der Waals surface area (Å²) in [7, 11) is 0. The number of rotatable bonds is 7. The smallest absolute Gasteiger partial charge is 0.0991 e. The van der Waals surface area contributed by atoms with Crippen LogP contribution in [0.1, 0.15) is 32.4 Å². The van der Waals surface area contributed by atoms with Gasteiger partial charge >= 0.3 is 0 Å². The second kappa shape index (κ2) is 7.22. The molecule has 1 aromatic heterocycles. The fourth-order valence-electron chi connectivity index (χ4n) is 2.15. The lowest BCUT2D eigenvalue weighted by Crippen LogP contribution is -2.29. The molecule has 0 aliphatic heterocycles. The van der Waals surface area contributed by atoms with E-state index in [9.17, 15) is 0 Å². The van der Waals surface area contributed by atoms with E-state index >= 15 is 0 Å². The minimum absolute atomic E-state index is 0.243. The monoisotopic (exact) mass is 273 g/mol. The molecular formula is C16H23N3O. The summed E-state index contributed by atoms with van der Waals surface area (Å²) in [5.74, 6) is 0. The van der Waals surface area contributed by atoms with Gasteiger partial charge in [-0.05, 0) is 38.5 Å². The van der Waals surface area contributed by atoms with Crippen molar-refractivity contribution in [1.82, 2.24) is 14.9 Å². The summed E-state index contributed by atoms with van der Waals surface area (Å²) in [6, 6.07) is 8.84. The number of imidazole rings is 1. The highest BCUT2D eigenvalue weighted by atomic mass is 16.5. The minimum Gasteiger partial charge on any atom is -0.377 e. The van der Waals surface area contributed by atoms with E-state index in [0.717, 1.165) is 18.8 Å². The SMILES string of the molecule is CCOC(C)CNC(C)c1ccc(-n2ccnc2)cc1. The van der Waals surface area contributed by atoms with Crippen molar-refractivity contribution < 1.29 is 4.74 Å². The van der Waals surface area contributed by atoms with Crippen LogP contribution < -0.4 is 5.32 Å². The fraction of sp³-hybridized carbons (Fsp3) is 0.438. The molecule has 0 amide bonds. The van der Waals surface area contributed by atoms with E-state index in [2.05, 4.69) is 48.4 Å². The maximum absolute atomic E-state index is 5.52. The molecule has 2 aromatic rings. The quantitative estimate of drug-likeness (QED) is 0.843. The predicted molar refractivity (Wildman–Crippen MR) is 81.1 cm³/mol. The van der Waals surface area contributed by atoms with Gasteiger partial charge in [0.1, 0.15) is 0 Å². The summed E-state index contributed by atoms with van der Waals surface area (Å²) in [4.78, 5) is 4.06. The number of hydrogen-bond donors (Lipinski definition) is 1. The molecule has 1 N–H and O–H groups in total. The van der Waals surface area contributed by atoms with Gasteiger partial charge in [0.15, 0.2) is 0 Å². The lowest BCUT2D eigenvalue weighted by atomic mass is 10.1. The summed E-state index contributed by atoms with van der Waals surface area (Å²) in [5, 5.41) is 3.49. The highest BCUT2D eigenvalue weighted by molar-refractivity contribution is 5.35. The lowest BCUT2D eigenvalue weighted by Gasteiger charge is -2.18. The van der Waals surface area contributed by atoms with E-state index in [4.69, 9.17) is 4.74 Å². The second-order valence-corrected chi connectivity index (χ2v) is 4.96. The molecule has 0 spiro atoms. The van der Waals surface area contributed by atoms with Crippen molar-refractivity contribution in [3.63, 3.8) is 0 Å². The van der Waals surface area contributed by atoms with E-state index in [1.807, 2.05) is 17.7 Å². The predicted octanol–water partition coefficient (Wildman–Crippen LogP) is 2.95. The number of benzene rings is 1. The molecule has 1 aromatic carbocycles. The Labute approximate surface area is 120 Å². The molecule has 20 heavy (non-hydrogen) atoms. The van der Waals surface area contributed by atoms with E-state index in [1.54, 1.807) is 12.5 Å². The topological polar surface area (TPSA) is 39.1 Å². The molecule has 0 bridgehead atoms. The Hall–Kier alpha value is -1.65. The standard InChI is InChI=1S/C16H23N3O/c1-4-20-13(2)11-18-14(3)15-5-7-16(8-6-15)19-10-9-17-12-19/h5-10,12-14,18H,4,11H2,1-3H3. The minimum atomic E-state index is 0.243. The molecule has 1 heterocycles. The van der Waals surface area contributed by atoms with Gasteiger partial charge in [0.25, 0.3) is 0 Å².